The summed E-state index contributed by atoms with van der Waals surface area (Å²) in [6.45, 7) is 0.861. The summed E-state index contributed by atoms with van der Waals surface area (Å²) in [7, 11) is 0. The highest BCUT2D eigenvalue weighted by molar-refractivity contribution is 5.02. The molecule has 0 aliphatic heterocycles. The lowest BCUT2D eigenvalue weighted by Gasteiger charge is -2.37. The van der Waals surface area contributed by atoms with Crippen LogP contribution in [0.2, 0.25) is 0 Å². The predicted octanol–water partition coefficient (Wildman–Crippen LogP) is 2.55. The molecular weight excluding hydrogens is 214 g/mol. The molecule has 0 aromatic carbocycles. The third-order valence-electron chi connectivity index (χ3n) is 4.05. The van der Waals surface area contributed by atoms with Crippen molar-refractivity contribution >= 4 is 0 Å². The number of hydrogen-bond acceptors (Lipinski definition) is 3. The van der Waals surface area contributed by atoms with Crippen LogP contribution in [0, 0.1) is 0 Å². The zero-order valence-corrected chi connectivity index (χ0v) is 10.2. The van der Waals surface area contributed by atoms with Crippen LogP contribution in [0.5, 0.6) is 0 Å². The average molecular weight is 235 g/mol. The Morgan fingerprint density at radius 3 is 2.71 bits per heavy atom. The third kappa shape index (κ3) is 2.55. The first-order valence-electron chi connectivity index (χ1n) is 6.81. The van der Waals surface area contributed by atoms with Gasteiger partial charge in [-0.25, -0.2) is 0 Å². The quantitative estimate of drug-likeness (QED) is 0.871. The first kappa shape index (κ1) is 11.3. The standard InChI is InChI=1S/C14H21NO2/c16-14-6-2-1-5-13(14)15(11-7-8-11)10-12-4-3-9-17-12/h3-4,9,11,13-14,16H,1-2,5-8,10H2/t13-,14-/m0/s1. The van der Waals surface area contributed by atoms with Crippen molar-refractivity contribution in [3.8, 4) is 0 Å². The molecular formula is C14H21NO2. The van der Waals surface area contributed by atoms with E-state index < -0.39 is 0 Å². The fourth-order valence-electron chi connectivity index (χ4n) is 2.98. The van der Waals surface area contributed by atoms with Gasteiger partial charge in [-0.2, -0.15) is 0 Å². The Labute approximate surface area is 102 Å². The van der Waals surface area contributed by atoms with Crippen LogP contribution in [0.4, 0.5) is 0 Å². The van der Waals surface area contributed by atoms with Gasteiger partial charge in [0.1, 0.15) is 5.76 Å². The van der Waals surface area contributed by atoms with Gasteiger partial charge < -0.3 is 9.52 Å². The van der Waals surface area contributed by atoms with Crippen LogP contribution in [0.25, 0.3) is 0 Å². The highest BCUT2D eigenvalue weighted by atomic mass is 16.3. The Balaban J connectivity index is 1.70. The molecule has 2 fully saturated rings. The van der Waals surface area contributed by atoms with E-state index >= 15 is 0 Å². The zero-order valence-electron chi connectivity index (χ0n) is 10.2. The van der Waals surface area contributed by atoms with Crippen molar-refractivity contribution in [1.82, 2.24) is 4.90 Å². The normalized spacial score (nSPS) is 29.8. The molecule has 2 atom stereocenters. The lowest BCUT2D eigenvalue weighted by molar-refractivity contribution is 0.00833. The van der Waals surface area contributed by atoms with E-state index in [9.17, 15) is 5.11 Å². The number of aliphatic hydroxyl groups is 1. The summed E-state index contributed by atoms with van der Waals surface area (Å²) in [4.78, 5) is 2.47. The minimum Gasteiger partial charge on any atom is -0.468 e. The number of nitrogens with zero attached hydrogens (tertiary/aromatic N) is 1. The fraction of sp³-hybridized carbons (Fsp3) is 0.714. The van der Waals surface area contributed by atoms with E-state index in [2.05, 4.69) is 4.90 Å². The second kappa shape index (κ2) is 4.83. The Bertz CT molecular complexity index is 345. The van der Waals surface area contributed by atoms with Gasteiger partial charge in [-0.1, -0.05) is 12.8 Å². The van der Waals surface area contributed by atoms with E-state index in [1.807, 2.05) is 12.1 Å². The summed E-state index contributed by atoms with van der Waals surface area (Å²) in [5, 5.41) is 10.2. The Morgan fingerprint density at radius 1 is 1.24 bits per heavy atom. The first-order chi connectivity index (χ1) is 8.34. The number of furan rings is 1. The summed E-state index contributed by atoms with van der Waals surface area (Å²) in [5.41, 5.74) is 0. The molecule has 1 aromatic heterocycles. The van der Waals surface area contributed by atoms with E-state index in [0.717, 1.165) is 25.1 Å². The topological polar surface area (TPSA) is 36.6 Å². The first-order valence-corrected chi connectivity index (χ1v) is 6.81. The predicted molar refractivity (Wildman–Crippen MR) is 65.5 cm³/mol. The zero-order chi connectivity index (χ0) is 11.7. The van der Waals surface area contributed by atoms with Crippen LogP contribution in [0.3, 0.4) is 0 Å². The molecule has 0 spiro atoms. The molecule has 2 saturated carbocycles. The average Bonchev–Trinajstić information content (AvgIpc) is 3.05. The van der Waals surface area contributed by atoms with Crippen molar-refractivity contribution in [3.05, 3.63) is 24.2 Å². The summed E-state index contributed by atoms with van der Waals surface area (Å²) in [5.74, 6) is 1.02. The lowest BCUT2D eigenvalue weighted by Crippen LogP contribution is -2.46. The molecule has 2 aliphatic rings. The summed E-state index contributed by atoms with van der Waals surface area (Å²) in [6, 6.07) is 5.00. The van der Waals surface area contributed by atoms with Crippen molar-refractivity contribution in [2.24, 2.45) is 0 Å². The van der Waals surface area contributed by atoms with Gasteiger partial charge in [0.25, 0.3) is 0 Å². The highest BCUT2D eigenvalue weighted by Crippen LogP contribution is 2.35. The SMILES string of the molecule is O[C@H]1CCCC[C@@H]1N(Cc1ccco1)C1CC1. The molecule has 1 aromatic rings. The van der Waals surface area contributed by atoms with E-state index in [1.165, 1.54) is 25.7 Å². The van der Waals surface area contributed by atoms with Crippen LogP contribution in [0.15, 0.2) is 22.8 Å². The molecule has 0 unspecified atom stereocenters. The van der Waals surface area contributed by atoms with E-state index in [4.69, 9.17) is 4.42 Å². The van der Waals surface area contributed by atoms with E-state index in [-0.39, 0.29) is 6.10 Å². The molecule has 0 bridgehead atoms. The molecule has 3 heteroatoms. The van der Waals surface area contributed by atoms with E-state index in [0.29, 0.717) is 12.1 Å². The Morgan fingerprint density at radius 2 is 2.06 bits per heavy atom. The minimum atomic E-state index is -0.140. The number of hydrogen-bond donors (Lipinski definition) is 1. The van der Waals surface area contributed by atoms with Crippen molar-refractivity contribution < 1.29 is 9.52 Å². The summed E-state index contributed by atoms with van der Waals surface area (Å²) < 4.78 is 5.44. The smallest absolute Gasteiger partial charge is 0.117 e. The van der Waals surface area contributed by atoms with Crippen LogP contribution < -0.4 is 0 Å². The largest absolute Gasteiger partial charge is 0.468 e. The summed E-state index contributed by atoms with van der Waals surface area (Å²) >= 11 is 0. The maximum absolute atomic E-state index is 10.2. The lowest BCUT2D eigenvalue weighted by atomic mass is 9.91. The van der Waals surface area contributed by atoms with Gasteiger partial charge in [-0.05, 0) is 37.8 Å². The van der Waals surface area contributed by atoms with Crippen LogP contribution in [-0.2, 0) is 6.54 Å². The van der Waals surface area contributed by atoms with E-state index in [1.54, 1.807) is 6.26 Å². The monoisotopic (exact) mass is 235 g/mol. The van der Waals surface area contributed by atoms with Crippen molar-refractivity contribution in [3.63, 3.8) is 0 Å². The van der Waals surface area contributed by atoms with Crippen molar-refractivity contribution in [2.75, 3.05) is 0 Å². The summed E-state index contributed by atoms with van der Waals surface area (Å²) in [6.07, 6.45) is 8.69. The maximum Gasteiger partial charge on any atom is 0.117 e. The molecule has 17 heavy (non-hydrogen) atoms. The molecule has 1 N–H and O–H groups in total. The van der Waals surface area contributed by atoms with Gasteiger partial charge in [0.2, 0.25) is 0 Å². The van der Waals surface area contributed by atoms with Gasteiger partial charge in [0.15, 0.2) is 0 Å². The molecule has 0 radical (unpaired) electrons. The van der Waals surface area contributed by atoms with Gasteiger partial charge in [-0.3, -0.25) is 4.90 Å². The molecule has 3 rings (SSSR count). The number of rotatable bonds is 4. The second-order valence-electron chi connectivity index (χ2n) is 5.40. The number of aliphatic hydroxyl groups excluding tert-OH is 1. The molecule has 94 valence electrons. The highest BCUT2D eigenvalue weighted by Gasteiger charge is 2.38. The van der Waals surface area contributed by atoms with Crippen molar-refractivity contribution in [2.45, 2.75) is 63.3 Å². The second-order valence-corrected chi connectivity index (χ2v) is 5.40. The Kier molecular flexibility index (Phi) is 3.21. The molecule has 2 aliphatic carbocycles. The van der Waals surface area contributed by atoms with Crippen LogP contribution in [-0.4, -0.2) is 28.2 Å². The molecule has 0 saturated heterocycles. The minimum absolute atomic E-state index is 0.140. The van der Waals surface area contributed by atoms with Crippen LogP contribution in [0.1, 0.15) is 44.3 Å². The van der Waals surface area contributed by atoms with Crippen LogP contribution >= 0.6 is 0 Å². The molecule has 3 nitrogen and oxygen atoms in total. The maximum atomic E-state index is 10.2. The van der Waals surface area contributed by atoms with Gasteiger partial charge >= 0.3 is 0 Å². The van der Waals surface area contributed by atoms with Gasteiger partial charge in [-0.15, -0.1) is 0 Å². The van der Waals surface area contributed by atoms with Gasteiger partial charge in [0, 0.05) is 12.1 Å². The fourth-order valence-corrected chi connectivity index (χ4v) is 2.98. The van der Waals surface area contributed by atoms with Gasteiger partial charge in [0.05, 0.1) is 18.9 Å². The third-order valence-corrected chi connectivity index (χ3v) is 4.05. The Hall–Kier alpha value is -0.800. The molecule has 1 heterocycles. The van der Waals surface area contributed by atoms with Crippen molar-refractivity contribution in [1.29, 1.82) is 0 Å². The molecule has 0 amide bonds.